The highest BCUT2D eigenvalue weighted by molar-refractivity contribution is 5.80. The third kappa shape index (κ3) is 2.77. The van der Waals surface area contributed by atoms with E-state index in [1.165, 1.54) is 23.2 Å². The molecule has 0 unspecified atom stereocenters. The molecule has 1 saturated carbocycles. The molecular formula is C22H25N3O. The minimum absolute atomic E-state index is 0.124. The van der Waals surface area contributed by atoms with Gasteiger partial charge in [-0.15, -0.1) is 0 Å². The first kappa shape index (κ1) is 15.9. The number of amides is 1. The van der Waals surface area contributed by atoms with Gasteiger partial charge < -0.3 is 5.32 Å². The summed E-state index contributed by atoms with van der Waals surface area (Å²) in [5, 5.41) is 7.99. The van der Waals surface area contributed by atoms with E-state index >= 15 is 0 Å². The molecule has 0 radical (unpaired) electrons. The first-order valence-corrected chi connectivity index (χ1v) is 9.85. The van der Waals surface area contributed by atoms with Crippen molar-refractivity contribution in [3.63, 3.8) is 0 Å². The molecule has 4 atom stereocenters. The molecule has 1 amide bonds. The van der Waals surface area contributed by atoms with E-state index in [2.05, 4.69) is 51.5 Å². The molecule has 0 spiro atoms. The zero-order valence-corrected chi connectivity index (χ0v) is 15.0. The molecule has 1 aromatic carbocycles. The molecule has 1 heterocycles. The van der Waals surface area contributed by atoms with Crippen molar-refractivity contribution in [3.05, 3.63) is 65.5 Å². The van der Waals surface area contributed by atoms with Crippen LogP contribution in [0.4, 0.5) is 0 Å². The van der Waals surface area contributed by atoms with Gasteiger partial charge in [-0.2, -0.15) is 5.10 Å². The number of hydrogen-bond acceptors (Lipinski definition) is 2. The van der Waals surface area contributed by atoms with Crippen LogP contribution < -0.4 is 5.32 Å². The van der Waals surface area contributed by atoms with Crippen molar-refractivity contribution >= 4 is 5.91 Å². The Balaban J connectivity index is 1.32. The summed E-state index contributed by atoms with van der Waals surface area (Å²) < 4.78 is 2.11. The summed E-state index contributed by atoms with van der Waals surface area (Å²) >= 11 is 0. The third-order valence-corrected chi connectivity index (χ3v) is 6.37. The van der Waals surface area contributed by atoms with Gasteiger partial charge in [-0.1, -0.05) is 42.5 Å². The van der Waals surface area contributed by atoms with Gasteiger partial charge in [-0.25, -0.2) is 0 Å². The topological polar surface area (TPSA) is 46.9 Å². The van der Waals surface area contributed by atoms with Crippen molar-refractivity contribution in [2.45, 2.75) is 44.7 Å². The van der Waals surface area contributed by atoms with Crippen LogP contribution in [0.3, 0.4) is 0 Å². The molecule has 0 saturated heterocycles. The van der Waals surface area contributed by atoms with Crippen LogP contribution in [0.25, 0.3) is 0 Å². The molecule has 4 nitrogen and oxygen atoms in total. The molecule has 3 aliphatic carbocycles. The number of hydrogen-bond donors (Lipinski definition) is 1. The summed E-state index contributed by atoms with van der Waals surface area (Å²) in [7, 11) is 0. The number of nitrogens with one attached hydrogen (secondary N) is 1. The lowest BCUT2D eigenvalue weighted by Crippen LogP contribution is -2.37. The highest BCUT2D eigenvalue weighted by Crippen LogP contribution is 2.44. The second kappa shape index (κ2) is 6.42. The average Bonchev–Trinajstić information content (AvgIpc) is 3.39. The van der Waals surface area contributed by atoms with Gasteiger partial charge >= 0.3 is 0 Å². The Labute approximate surface area is 154 Å². The van der Waals surface area contributed by atoms with Crippen LogP contribution >= 0.6 is 0 Å². The standard InChI is InChI=1S/C22H25N3O/c26-22(18-12-16-9-10-17(18)11-16)24-20-7-4-8-21-19(20)13-23-25(21)14-15-5-2-1-3-6-15/h1-3,5-6,9-10,13,16-18,20H,4,7-8,11-12,14H2,(H,24,26)/t16-,17-,18+,20-/m1/s1. The minimum Gasteiger partial charge on any atom is -0.349 e. The number of allylic oxidation sites excluding steroid dienone is 2. The number of rotatable bonds is 4. The van der Waals surface area contributed by atoms with Crippen LogP contribution in [0.2, 0.25) is 0 Å². The minimum atomic E-state index is 0.124. The van der Waals surface area contributed by atoms with Crippen LogP contribution in [0.15, 0.2) is 48.7 Å². The Morgan fingerprint density at radius 2 is 2.08 bits per heavy atom. The van der Waals surface area contributed by atoms with Gasteiger partial charge in [0.05, 0.1) is 18.8 Å². The van der Waals surface area contributed by atoms with E-state index in [0.717, 1.165) is 32.2 Å². The lowest BCUT2D eigenvalue weighted by atomic mass is 9.89. The van der Waals surface area contributed by atoms with Crippen LogP contribution in [-0.4, -0.2) is 15.7 Å². The smallest absolute Gasteiger partial charge is 0.224 e. The van der Waals surface area contributed by atoms with Gasteiger partial charge in [0, 0.05) is 17.2 Å². The van der Waals surface area contributed by atoms with Crippen molar-refractivity contribution in [1.29, 1.82) is 0 Å². The molecule has 4 heteroatoms. The van der Waals surface area contributed by atoms with E-state index in [9.17, 15) is 4.79 Å². The Morgan fingerprint density at radius 3 is 2.85 bits per heavy atom. The van der Waals surface area contributed by atoms with Crippen molar-refractivity contribution < 1.29 is 4.79 Å². The zero-order valence-electron chi connectivity index (χ0n) is 15.0. The first-order chi connectivity index (χ1) is 12.8. The van der Waals surface area contributed by atoms with Crippen LogP contribution in [0, 0.1) is 17.8 Å². The molecular weight excluding hydrogens is 322 g/mol. The van der Waals surface area contributed by atoms with E-state index < -0.39 is 0 Å². The second-order valence-corrected chi connectivity index (χ2v) is 8.03. The largest absolute Gasteiger partial charge is 0.349 e. The van der Waals surface area contributed by atoms with Crippen LogP contribution in [0.1, 0.15) is 48.5 Å². The summed E-state index contributed by atoms with van der Waals surface area (Å²) in [6, 6.07) is 10.6. The first-order valence-electron chi connectivity index (χ1n) is 9.85. The van der Waals surface area contributed by atoms with E-state index in [1.54, 1.807) is 0 Å². The maximum atomic E-state index is 12.8. The fraction of sp³-hybridized carbons (Fsp3) is 0.455. The Morgan fingerprint density at radius 1 is 1.19 bits per heavy atom. The molecule has 2 aromatic rings. The molecule has 0 aliphatic heterocycles. The number of fused-ring (bicyclic) bond motifs is 3. The summed E-state index contributed by atoms with van der Waals surface area (Å²) in [6.07, 6.45) is 11.9. The van der Waals surface area contributed by atoms with Gasteiger partial charge in [0.15, 0.2) is 0 Å². The maximum absolute atomic E-state index is 12.8. The fourth-order valence-electron chi connectivity index (χ4n) is 5.02. The van der Waals surface area contributed by atoms with Gasteiger partial charge in [-0.3, -0.25) is 9.48 Å². The number of carbonyl (C=O) groups is 1. The Bertz CT molecular complexity index is 838. The summed E-state index contributed by atoms with van der Waals surface area (Å²) in [5.74, 6) is 1.51. The third-order valence-electron chi connectivity index (χ3n) is 6.37. The fourth-order valence-corrected chi connectivity index (χ4v) is 5.02. The highest BCUT2D eigenvalue weighted by atomic mass is 16.2. The van der Waals surface area contributed by atoms with Gasteiger partial charge in [-0.05, 0) is 49.5 Å². The van der Waals surface area contributed by atoms with Crippen molar-refractivity contribution in [1.82, 2.24) is 15.1 Å². The molecule has 1 N–H and O–H groups in total. The summed E-state index contributed by atoms with van der Waals surface area (Å²) in [6.45, 7) is 0.800. The van der Waals surface area contributed by atoms with Crippen LogP contribution in [0.5, 0.6) is 0 Å². The van der Waals surface area contributed by atoms with Gasteiger partial charge in [0.25, 0.3) is 0 Å². The number of carbonyl (C=O) groups excluding carboxylic acids is 1. The average molecular weight is 347 g/mol. The van der Waals surface area contributed by atoms with E-state index in [4.69, 9.17) is 0 Å². The van der Waals surface area contributed by atoms with Crippen molar-refractivity contribution in [3.8, 4) is 0 Å². The predicted molar refractivity (Wildman–Crippen MR) is 100 cm³/mol. The molecule has 1 fully saturated rings. The lowest BCUT2D eigenvalue weighted by molar-refractivity contribution is -0.126. The molecule has 1 aromatic heterocycles. The van der Waals surface area contributed by atoms with Crippen molar-refractivity contribution in [2.75, 3.05) is 0 Å². The molecule has 134 valence electrons. The maximum Gasteiger partial charge on any atom is 0.224 e. The molecule has 26 heavy (non-hydrogen) atoms. The Kier molecular flexibility index (Phi) is 3.92. The number of benzene rings is 1. The molecule has 5 rings (SSSR count). The second-order valence-electron chi connectivity index (χ2n) is 8.03. The van der Waals surface area contributed by atoms with Gasteiger partial charge in [0.2, 0.25) is 5.91 Å². The SMILES string of the molecule is O=C(N[C@@H]1CCCc2c1cnn2Cc1ccccc1)[C@H]1C[C@@H]2C=C[C@@H]1C2. The van der Waals surface area contributed by atoms with Gasteiger partial charge in [0.1, 0.15) is 0 Å². The summed E-state index contributed by atoms with van der Waals surface area (Å²) in [5.41, 5.74) is 3.77. The lowest BCUT2D eigenvalue weighted by Gasteiger charge is -2.27. The van der Waals surface area contributed by atoms with Crippen molar-refractivity contribution in [2.24, 2.45) is 17.8 Å². The van der Waals surface area contributed by atoms with E-state index in [0.29, 0.717) is 11.8 Å². The Hall–Kier alpha value is -2.36. The number of aromatic nitrogens is 2. The predicted octanol–water partition coefficient (Wildman–Crippen LogP) is 3.64. The molecule has 2 bridgehead atoms. The monoisotopic (exact) mass is 347 g/mol. The van der Waals surface area contributed by atoms with E-state index in [1.807, 2.05) is 12.3 Å². The van der Waals surface area contributed by atoms with Crippen LogP contribution in [-0.2, 0) is 17.8 Å². The van der Waals surface area contributed by atoms with E-state index in [-0.39, 0.29) is 17.9 Å². The zero-order chi connectivity index (χ0) is 17.5. The normalized spacial score (nSPS) is 28.9. The number of nitrogens with zero attached hydrogens (tertiary/aromatic N) is 2. The summed E-state index contributed by atoms with van der Waals surface area (Å²) in [4.78, 5) is 12.8. The quantitative estimate of drug-likeness (QED) is 0.859. The highest BCUT2D eigenvalue weighted by Gasteiger charge is 2.40. The molecule has 3 aliphatic rings.